The lowest BCUT2D eigenvalue weighted by Crippen LogP contribution is -2.58. The predicted octanol–water partition coefficient (Wildman–Crippen LogP) is 4.11. The van der Waals surface area contributed by atoms with Gasteiger partial charge < -0.3 is 20.9 Å². The summed E-state index contributed by atoms with van der Waals surface area (Å²) in [6.45, 7) is 9.04. The number of benzene rings is 2. The van der Waals surface area contributed by atoms with E-state index in [1.54, 1.807) is 62.1 Å². The highest BCUT2D eigenvalue weighted by Gasteiger charge is 2.43. The number of nitrogens with zero attached hydrogens (tertiary/aromatic N) is 2. The van der Waals surface area contributed by atoms with Crippen molar-refractivity contribution in [2.24, 2.45) is 5.41 Å². The molecule has 238 valence electrons. The van der Waals surface area contributed by atoms with E-state index < -0.39 is 50.8 Å². The summed E-state index contributed by atoms with van der Waals surface area (Å²) in [4.78, 5) is 54.2. The fraction of sp³-hybridized carbons (Fsp3) is 0.484. The summed E-state index contributed by atoms with van der Waals surface area (Å²) in [5, 5.41) is 8.22. The number of carbonyl (C=O) groups excluding carboxylic acids is 4. The maximum absolute atomic E-state index is 13.9. The maximum Gasteiger partial charge on any atom is 0.249 e. The van der Waals surface area contributed by atoms with E-state index >= 15 is 0 Å². The molecule has 0 aliphatic carbocycles. The van der Waals surface area contributed by atoms with Crippen LogP contribution in [0.5, 0.6) is 0 Å². The van der Waals surface area contributed by atoms with Crippen LogP contribution in [0.1, 0.15) is 60.3 Å². The normalized spacial score (nSPS) is 19.5. The summed E-state index contributed by atoms with van der Waals surface area (Å²) in [6.07, 6.45) is 2.02. The minimum absolute atomic E-state index is 0.0317. The Morgan fingerprint density at radius 3 is 2.09 bits per heavy atom. The summed E-state index contributed by atoms with van der Waals surface area (Å²) in [5.41, 5.74) is -1.51. The van der Waals surface area contributed by atoms with Crippen LogP contribution in [0, 0.1) is 5.41 Å². The van der Waals surface area contributed by atoms with Gasteiger partial charge in [-0.2, -0.15) is 4.31 Å². The van der Waals surface area contributed by atoms with Crippen LogP contribution in [0.15, 0.2) is 57.9 Å². The number of anilines is 2. The van der Waals surface area contributed by atoms with Gasteiger partial charge in [-0.05, 0) is 75.9 Å². The van der Waals surface area contributed by atoms with E-state index in [0.29, 0.717) is 37.9 Å². The second-order valence-electron chi connectivity index (χ2n) is 12.7. The molecule has 3 N–H and O–H groups in total. The summed E-state index contributed by atoms with van der Waals surface area (Å²) in [6, 6.07) is 11.4. The van der Waals surface area contributed by atoms with Crippen molar-refractivity contribution in [3.05, 3.63) is 53.0 Å². The van der Waals surface area contributed by atoms with Crippen molar-refractivity contribution < 1.29 is 27.6 Å². The molecule has 2 aliphatic heterocycles. The largest absolute Gasteiger partial charge is 0.340 e. The Balaban J connectivity index is 1.49. The van der Waals surface area contributed by atoms with E-state index in [2.05, 4.69) is 31.9 Å². The third kappa shape index (κ3) is 7.32. The minimum Gasteiger partial charge on any atom is -0.340 e. The number of likely N-dealkylation sites (tertiary alicyclic amines) is 1. The number of sulfonamides is 1. The first-order valence-corrected chi connectivity index (χ1v) is 16.9. The van der Waals surface area contributed by atoms with E-state index in [9.17, 15) is 27.6 Å². The van der Waals surface area contributed by atoms with Crippen molar-refractivity contribution in [2.45, 2.75) is 82.8 Å². The van der Waals surface area contributed by atoms with Gasteiger partial charge in [-0.15, -0.1) is 0 Å². The first-order chi connectivity index (χ1) is 20.5. The van der Waals surface area contributed by atoms with E-state index in [-0.39, 0.29) is 23.0 Å². The third-order valence-corrected chi connectivity index (χ3v) is 10.3. The van der Waals surface area contributed by atoms with Gasteiger partial charge in [0.25, 0.3) is 0 Å². The molecule has 2 saturated heterocycles. The zero-order chi connectivity index (χ0) is 32.4. The van der Waals surface area contributed by atoms with Gasteiger partial charge in [0.1, 0.15) is 22.5 Å². The Morgan fingerprint density at radius 1 is 0.818 bits per heavy atom. The van der Waals surface area contributed by atoms with Crippen molar-refractivity contribution in [3.63, 3.8) is 0 Å². The van der Waals surface area contributed by atoms with Gasteiger partial charge in [0, 0.05) is 28.7 Å². The van der Waals surface area contributed by atoms with Gasteiger partial charge in [0.05, 0.1) is 5.69 Å². The predicted molar refractivity (Wildman–Crippen MR) is 171 cm³/mol. The first-order valence-electron chi connectivity index (χ1n) is 14.6. The average Bonchev–Trinajstić information content (AvgIpc) is 3.64. The molecule has 0 aromatic heterocycles. The number of para-hydroxylation sites is 1. The topological polar surface area (TPSA) is 145 Å². The molecule has 0 spiro atoms. The Kier molecular flexibility index (Phi) is 9.91. The molecule has 2 aromatic rings. The van der Waals surface area contributed by atoms with Crippen molar-refractivity contribution >= 4 is 61.0 Å². The van der Waals surface area contributed by atoms with E-state index in [1.807, 2.05) is 0 Å². The molecule has 2 atom stereocenters. The van der Waals surface area contributed by atoms with Crippen LogP contribution >= 0.6 is 15.9 Å². The lowest BCUT2D eigenvalue weighted by molar-refractivity contribution is -0.145. The smallest absolute Gasteiger partial charge is 0.249 e. The molecule has 44 heavy (non-hydrogen) atoms. The SMILES string of the molecule is CC(C)(C)C(=O)N1CCC[C@@H]1C(=O)NC(C)(C)C(=O)Nc1ccccc1S(=O)(=O)N1CCC[C@H]1C(=O)Nc1ccc(Br)cc1. The Morgan fingerprint density at radius 2 is 1.43 bits per heavy atom. The molecule has 2 aromatic carbocycles. The number of rotatable bonds is 8. The molecule has 2 aliphatic rings. The minimum atomic E-state index is -4.20. The van der Waals surface area contributed by atoms with Crippen molar-refractivity contribution in [1.29, 1.82) is 0 Å². The maximum atomic E-state index is 13.9. The summed E-state index contributed by atoms with van der Waals surface area (Å²) in [5.74, 6) is -1.66. The zero-order valence-electron chi connectivity index (χ0n) is 25.6. The molecule has 0 bridgehead atoms. The molecule has 0 unspecified atom stereocenters. The van der Waals surface area contributed by atoms with Crippen LogP contribution in [0.4, 0.5) is 11.4 Å². The number of amides is 4. The zero-order valence-corrected chi connectivity index (χ0v) is 28.0. The third-order valence-electron chi connectivity index (χ3n) is 7.80. The Labute approximate surface area is 267 Å². The highest BCUT2D eigenvalue weighted by Crippen LogP contribution is 2.32. The Hall–Kier alpha value is -3.29. The molecule has 4 rings (SSSR count). The number of carbonyl (C=O) groups is 4. The monoisotopic (exact) mass is 689 g/mol. The quantitative estimate of drug-likeness (QED) is 0.381. The van der Waals surface area contributed by atoms with Crippen LogP contribution in [-0.4, -0.2) is 72.0 Å². The number of halogens is 1. The second kappa shape index (κ2) is 13.0. The van der Waals surface area contributed by atoms with E-state index in [0.717, 1.165) is 4.47 Å². The highest BCUT2D eigenvalue weighted by atomic mass is 79.9. The number of hydrogen-bond donors (Lipinski definition) is 3. The summed E-state index contributed by atoms with van der Waals surface area (Å²) >= 11 is 3.35. The summed E-state index contributed by atoms with van der Waals surface area (Å²) in [7, 11) is -4.20. The van der Waals surface area contributed by atoms with Gasteiger partial charge in [0.2, 0.25) is 33.7 Å². The lowest BCUT2D eigenvalue weighted by Gasteiger charge is -2.33. The molecule has 0 radical (unpaired) electrons. The second-order valence-corrected chi connectivity index (χ2v) is 15.5. The van der Waals surface area contributed by atoms with Crippen molar-refractivity contribution in [2.75, 3.05) is 23.7 Å². The van der Waals surface area contributed by atoms with Gasteiger partial charge in [0.15, 0.2) is 0 Å². The standard InChI is InChI=1S/C31H40BrN5O6S/c1-30(2,3)29(41)36-18-8-11-23(36)27(39)35-31(4,5)28(40)34-22-10-6-7-13-25(22)44(42,43)37-19-9-12-24(37)26(38)33-21-16-14-20(32)15-17-21/h6-7,10,13-17,23-24H,8-9,11-12,18-19H2,1-5H3,(H,33,38)(H,34,40)(H,35,39)/t23-,24+/m1/s1. The molecule has 2 heterocycles. The van der Waals surface area contributed by atoms with Gasteiger partial charge in [-0.1, -0.05) is 48.8 Å². The van der Waals surface area contributed by atoms with Crippen molar-refractivity contribution in [1.82, 2.24) is 14.5 Å². The van der Waals surface area contributed by atoms with Gasteiger partial charge in [-0.25, -0.2) is 8.42 Å². The molecular formula is C31H40BrN5O6S. The lowest BCUT2D eigenvalue weighted by atomic mass is 9.94. The van der Waals surface area contributed by atoms with Gasteiger partial charge >= 0.3 is 0 Å². The average molecular weight is 691 g/mol. The molecule has 4 amide bonds. The molecule has 0 saturated carbocycles. The molecular weight excluding hydrogens is 650 g/mol. The number of nitrogens with one attached hydrogen (secondary N) is 3. The van der Waals surface area contributed by atoms with Crippen LogP contribution in [-0.2, 0) is 29.2 Å². The fourth-order valence-corrected chi connectivity index (χ4v) is 7.48. The van der Waals surface area contributed by atoms with Crippen LogP contribution < -0.4 is 16.0 Å². The van der Waals surface area contributed by atoms with Crippen LogP contribution in [0.2, 0.25) is 0 Å². The van der Waals surface area contributed by atoms with Crippen LogP contribution in [0.25, 0.3) is 0 Å². The van der Waals surface area contributed by atoms with Crippen molar-refractivity contribution in [3.8, 4) is 0 Å². The molecule has 11 nitrogen and oxygen atoms in total. The molecule has 13 heteroatoms. The van der Waals surface area contributed by atoms with E-state index in [4.69, 9.17) is 0 Å². The highest BCUT2D eigenvalue weighted by molar-refractivity contribution is 9.10. The first kappa shape index (κ1) is 33.6. The van der Waals surface area contributed by atoms with Crippen LogP contribution in [0.3, 0.4) is 0 Å². The fourth-order valence-electron chi connectivity index (χ4n) is 5.41. The molecule has 2 fully saturated rings. The Bertz CT molecular complexity index is 1540. The van der Waals surface area contributed by atoms with E-state index in [1.165, 1.54) is 30.3 Å². The van der Waals surface area contributed by atoms with Gasteiger partial charge in [-0.3, -0.25) is 19.2 Å². The summed E-state index contributed by atoms with van der Waals surface area (Å²) < 4.78 is 29.8. The number of hydrogen-bond acceptors (Lipinski definition) is 6.